The lowest BCUT2D eigenvalue weighted by Crippen LogP contribution is -2.36. The van der Waals surface area contributed by atoms with Gasteiger partial charge in [0.2, 0.25) is 5.91 Å². The highest BCUT2D eigenvalue weighted by molar-refractivity contribution is 6.31. The highest BCUT2D eigenvalue weighted by Gasteiger charge is 2.22. The van der Waals surface area contributed by atoms with E-state index in [1.807, 2.05) is 4.90 Å². The van der Waals surface area contributed by atoms with Crippen LogP contribution in [-0.2, 0) is 4.79 Å². The van der Waals surface area contributed by atoms with Crippen LogP contribution in [0.25, 0.3) is 0 Å². The van der Waals surface area contributed by atoms with Gasteiger partial charge in [0, 0.05) is 24.5 Å². The number of nitrogens with one attached hydrogen (secondary N) is 2. The van der Waals surface area contributed by atoms with E-state index in [1.165, 1.54) is 6.42 Å². The van der Waals surface area contributed by atoms with Crippen molar-refractivity contribution >= 4 is 41.5 Å². The highest BCUT2D eigenvalue weighted by Crippen LogP contribution is 2.25. The largest absolute Gasteiger partial charge is 0.339 e. The maximum atomic E-state index is 12.8. The van der Waals surface area contributed by atoms with E-state index in [0.29, 0.717) is 28.6 Å². The molecule has 3 rings (SSSR count). The number of halogens is 2. The standard InChI is InChI=1S/C20H28ClN3O2.ClH/c21-16-5-6-17(20(26)24-12-2-1-3-13-24)18(14-16)23-19(25)7-4-15-8-10-22-11-9-15;/h5-6,14-15,22H,1-4,7-13H2,(H,23,25);1H. The normalized spacial score (nSPS) is 17.9. The van der Waals surface area contributed by atoms with Crippen molar-refractivity contribution < 1.29 is 9.59 Å². The Hall–Kier alpha value is -1.30. The number of rotatable bonds is 5. The molecule has 2 aliphatic rings. The van der Waals surface area contributed by atoms with Gasteiger partial charge < -0.3 is 15.5 Å². The maximum absolute atomic E-state index is 12.8. The third kappa shape index (κ3) is 6.37. The Kier molecular flexibility index (Phi) is 8.87. The lowest BCUT2D eigenvalue weighted by atomic mass is 9.93. The number of carbonyl (C=O) groups excluding carboxylic acids is 2. The molecular formula is C20H29Cl2N3O2. The van der Waals surface area contributed by atoms with Gasteiger partial charge in [-0.1, -0.05) is 11.6 Å². The SMILES string of the molecule is Cl.O=C(CCC1CCNCC1)Nc1cc(Cl)ccc1C(=O)N1CCCCC1. The number of hydrogen-bond acceptors (Lipinski definition) is 3. The van der Waals surface area contributed by atoms with Gasteiger partial charge in [0.15, 0.2) is 0 Å². The number of likely N-dealkylation sites (tertiary alicyclic amines) is 1. The number of nitrogens with zero attached hydrogens (tertiary/aromatic N) is 1. The van der Waals surface area contributed by atoms with Gasteiger partial charge in [0.25, 0.3) is 5.91 Å². The quantitative estimate of drug-likeness (QED) is 0.763. The topological polar surface area (TPSA) is 61.4 Å². The molecule has 2 N–H and O–H groups in total. The Labute approximate surface area is 172 Å². The van der Waals surface area contributed by atoms with Crippen molar-refractivity contribution in [1.29, 1.82) is 0 Å². The van der Waals surface area contributed by atoms with Crippen molar-refractivity contribution in [3.63, 3.8) is 0 Å². The van der Waals surface area contributed by atoms with Crippen molar-refractivity contribution in [1.82, 2.24) is 10.2 Å². The van der Waals surface area contributed by atoms with E-state index in [9.17, 15) is 9.59 Å². The molecule has 150 valence electrons. The van der Waals surface area contributed by atoms with E-state index in [4.69, 9.17) is 11.6 Å². The first-order valence-electron chi connectivity index (χ1n) is 9.73. The fourth-order valence-electron chi connectivity index (χ4n) is 3.79. The van der Waals surface area contributed by atoms with Crippen LogP contribution in [0.5, 0.6) is 0 Å². The second-order valence-electron chi connectivity index (χ2n) is 7.32. The molecule has 1 aromatic rings. The molecule has 0 spiro atoms. The van der Waals surface area contributed by atoms with Crippen LogP contribution in [0.4, 0.5) is 5.69 Å². The number of benzene rings is 1. The zero-order chi connectivity index (χ0) is 18.4. The Morgan fingerprint density at radius 3 is 2.56 bits per heavy atom. The lowest BCUT2D eigenvalue weighted by Gasteiger charge is -2.27. The van der Waals surface area contributed by atoms with Gasteiger partial charge >= 0.3 is 0 Å². The van der Waals surface area contributed by atoms with Gasteiger partial charge in [-0.25, -0.2) is 0 Å². The maximum Gasteiger partial charge on any atom is 0.255 e. The van der Waals surface area contributed by atoms with Crippen molar-refractivity contribution in [2.45, 2.75) is 44.9 Å². The molecule has 0 aromatic heterocycles. The molecule has 2 heterocycles. The van der Waals surface area contributed by atoms with Crippen molar-refractivity contribution in [2.75, 3.05) is 31.5 Å². The molecule has 0 bridgehead atoms. The van der Waals surface area contributed by atoms with Crippen LogP contribution in [0, 0.1) is 5.92 Å². The van der Waals surface area contributed by atoms with Crippen molar-refractivity contribution in [3.8, 4) is 0 Å². The fraction of sp³-hybridized carbons (Fsp3) is 0.600. The van der Waals surface area contributed by atoms with Crippen molar-refractivity contribution in [2.24, 2.45) is 5.92 Å². The van der Waals surface area contributed by atoms with Crippen LogP contribution in [0.3, 0.4) is 0 Å². The minimum atomic E-state index is -0.0431. The summed E-state index contributed by atoms with van der Waals surface area (Å²) in [6, 6.07) is 5.12. The zero-order valence-corrected chi connectivity index (χ0v) is 17.2. The summed E-state index contributed by atoms with van der Waals surface area (Å²) in [6.45, 7) is 3.64. The molecule has 27 heavy (non-hydrogen) atoms. The summed E-state index contributed by atoms with van der Waals surface area (Å²) in [4.78, 5) is 27.1. The molecule has 7 heteroatoms. The second-order valence-corrected chi connectivity index (χ2v) is 7.76. The molecule has 2 fully saturated rings. The Morgan fingerprint density at radius 1 is 1.15 bits per heavy atom. The molecule has 0 radical (unpaired) electrons. The predicted octanol–water partition coefficient (Wildman–Crippen LogP) is 4.11. The summed E-state index contributed by atoms with van der Waals surface area (Å²) in [5.41, 5.74) is 1.06. The van der Waals surface area contributed by atoms with Crippen LogP contribution in [-0.4, -0.2) is 42.9 Å². The van der Waals surface area contributed by atoms with Gasteiger partial charge in [0.05, 0.1) is 11.3 Å². The van der Waals surface area contributed by atoms with Crippen LogP contribution < -0.4 is 10.6 Å². The van der Waals surface area contributed by atoms with E-state index in [-0.39, 0.29) is 24.2 Å². The zero-order valence-electron chi connectivity index (χ0n) is 15.6. The average Bonchev–Trinajstić information content (AvgIpc) is 2.67. The first kappa shape index (κ1) is 22.0. The van der Waals surface area contributed by atoms with E-state index in [1.54, 1.807) is 18.2 Å². The molecule has 1 aromatic carbocycles. The number of carbonyl (C=O) groups is 2. The summed E-state index contributed by atoms with van der Waals surface area (Å²) in [5.74, 6) is 0.546. The lowest BCUT2D eigenvalue weighted by molar-refractivity contribution is -0.116. The third-order valence-electron chi connectivity index (χ3n) is 5.37. The van der Waals surface area contributed by atoms with E-state index in [2.05, 4.69) is 10.6 Å². The molecule has 0 atom stereocenters. The predicted molar refractivity (Wildman–Crippen MR) is 112 cm³/mol. The fourth-order valence-corrected chi connectivity index (χ4v) is 3.96. The average molecular weight is 414 g/mol. The van der Waals surface area contributed by atoms with Gasteiger partial charge in [-0.15, -0.1) is 12.4 Å². The summed E-state index contributed by atoms with van der Waals surface area (Å²) in [6.07, 6.45) is 6.88. The van der Waals surface area contributed by atoms with Crippen LogP contribution in [0.1, 0.15) is 55.3 Å². The van der Waals surface area contributed by atoms with E-state index in [0.717, 1.165) is 58.3 Å². The van der Waals surface area contributed by atoms with E-state index >= 15 is 0 Å². The van der Waals surface area contributed by atoms with Gasteiger partial charge in [0.1, 0.15) is 0 Å². The molecule has 0 unspecified atom stereocenters. The second kappa shape index (κ2) is 10.9. The first-order chi connectivity index (χ1) is 12.6. The molecule has 5 nitrogen and oxygen atoms in total. The van der Waals surface area contributed by atoms with Crippen LogP contribution in [0.15, 0.2) is 18.2 Å². The summed E-state index contributed by atoms with van der Waals surface area (Å²) < 4.78 is 0. The number of piperidine rings is 2. The van der Waals surface area contributed by atoms with Gasteiger partial charge in [-0.2, -0.15) is 0 Å². The number of hydrogen-bond donors (Lipinski definition) is 2. The molecule has 2 amide bonds. The van der Waals surface area contributed by atoms with E-state index < -0.39 is 0 Å². The Morgan fingerprint density at radius 2 is 1.85 bits per heavy atom. The van der Waals surface area contributed by atoms with Crippen LogP contribution >= 0.6 is 24.0 Å². The monoisotopic (exact) mass is 413 g/mol. The minimum absolute atomic E-state index is 0. The van der Waals surface area contributed by atoms with Gasteiger partial charge in [-0.05, 0) is 75.7 Å². The first-order valence-corrected chi connectivity index (χ1v) is 10.1. The molecule has 2 saturated heterocycles. The summed E-state index contributed by atoms with van der Waals surface area (Å²) >= 11 is 6.11. The number of anilines is 1. The number of amides is 2. The smallest absolute Gasteiger partial charge is 0.255 e. The van der Waals surface area contributed by atoms with Crippen LogP contribution in [0.2, 0.25) is 5.02 Å². The minimum Gasteiger partial charge on any atom is -0.339 e. The van der Waals surface area contributed by atoms with Crippen molar-refractivity contribution in [3.05, 3.63) is 28.8 Å². The summed E-state index contributed by atoms with van der Waals surface area (Å²) in [7, 11) is 0. The molecule has 0 saturated carbocycles. The Bertz CT molecular complexity index is 642. The van der Waals surface area contributed by atoms with Gasteiger partial charge in [-0.3, -0.25) is 9.59 Å². The Balaban J connectivity index is 0.00000261. The molecular weight excluding hydrogens is 385 g/mol. The molecule has 0 aliphatic carbocycles. The third-order valence-corrected chi connectivity index (χ3v) is 5.60. The molecule has 2 aliphatic heterocycles. The summed E-state index contributed by atoms with van der Waals surface area (Å²) in [5, 5.41) is 6.79. The highest BCUT2D eigenvalue weighted by atomic mass is 35.5.